The maximum Gasteiger partial charge on any atom is 0.220 e. The molecule has 1 amide bonds. The van der Waals surface area contributed by atoms with Crippen LogP contribution >= 0.6 is 0 Å². The Hall–Kier alpha value is -1.65. The summed E-state index contributed by atoms with van der Waals surface area (Å²) in [6, 6.07) is -0.646. The van der Waals surface area contributed by atoms with Gasteiger partial charge in [0.15, 0.2) is 0 Å². The van der Waals surface area contributed by atoms with Gasteiger partial charge in [-0.1, -0.05) is 204 Å². The highest BCUT2D eigenvalue weighted by molar-refractivity contribution is 5.76. The molecule has 2 atom stereocenters. The van der Waals surface area contributed by atoms with Crippen molar-refractivity contribution in [2.75, 3.05) is 6.61 Å². The quantitative estimate of drug-likeness (QED) is 0.0437. The Morgan fingerprint density at radius 2 is 0.824 bits per heavy atom. The third-order valence-electron chi connectivity index (χ3n) is 10.0. The summed E-state index contributed by atoms with van der Waals surface area (Å²) in [5.74, 6) is -0.0882. The van der Waals surface area contributed by atoms with Crippen molar-refractivity contribution in [3.8, 4) is 0 Å². The second-order valence-electron chi connectivity index (χ2n) is 15.1. The Morgan fingerprint density at radius 1 is 0.471 bits per heavy atom. The van der Waals surface area contributed by atoms with E-state index in [0.29, 0.717) is 6.42 Å². The SMILES string of the molecule is CCCCC/C=C\C/C=C\CCCCCCCC(=O)NC(CO)C(O)/C=C/CC/C=C/CCCCCCCCCCCCCCCCCCCC. The number of hydrogen-bond acceptors (Lipinski definition) is 3. The molecule has 298 valence electrons. The van der Waals surface area contributed by atoms with Gasteiger partial charge in [0.1, 0.15) is 0 Å². The van der Waals surface area contributed by atoms with Gasteiger partial charge >= 0.3 is 0 Å². The van der Waals surface area contributed by atoms with Crippen LogP contribution < -0.4 is 5.32 Å². The summed E-state index contributed by atoms with van der Waals surface area (Å²) in [4.78, 5) is 12.4. The molecule has 0 aromatic rings. The van der Waals surface area contributed by atoms with E-state index in [2.05, 4.69) is 55.6 Å². The lowest BCUT2D eigenvalue weighted by Gasteiger charge is -2.19. The maximum absolute atomic E-state index is 12.4. The lowest BCUT2D eigenvalue weighted by Crippen LogP contribution is -2.45. The van der Waals surface area contributed by atoms with Gasteiger partial charge in [0.2, 0.25) is 5.91 Å². The van der Waals surface area contributed by atoms with E-state index in [9.17, 15) is 15.0 Å². The van der Waals surface area contributed by atoms with Crippen molar-refractivity contribution in [1.29, 1.82) is 0 Å². The molecule has 0 radical (unpaired) electrons. The predicted molar refractivity (Wildman–Crippen MR) is 225 cm³/mol. The zero-order valence-electron chi connectivity index (χ0n) is 34.1. The molecule has 0 fully saturated rings. The van der Waals surface area contributed by atoms with E-state index >= 15 is 0 Å². The van der Waals surface area contributed by atoms with Crippen LogP contribution in [0.1, 0.15) is 226 Å². The van der Waals surface area contributed by atoms with Gasteiger partial charge in [-0.25, -0.2) is 0 Å². The van der Waals surface area contributed by atoms with Crippen molar-refractivity contribution < 1.29 is 15.0 Å². The number of hydrogen-bond donors (Lipinski definition) is 3. The van der Waals surface area contributed by atoms with Gasteiger partial charge in [0.05, 0.1) is 18.8 Å². The van der Waals surface area contributed by atoms with Crippen LogP contribution in [0.15, 0.2) is 48.6 Å². The van der Waals surface area contributed by atoms with Crippen LogP contribution in [0.3, 0.4) is 0 Å². The summed E-state index contributed by atoms with van der Waals surface area (Å²) >= 11 is 0. The molecule has 0 aliphatic carbocycles. The molecule has 0 saturated carbocycles. The molecule has 4 heteroatoms. The van der Waals surface area contributed by atoms with Crippen molar-refractivity contribution >= 4 is 5.91 Å². The fourth-order valence-electron chi connectivity index (χ4n) is 6.58. The Balaban J connectivity index is 3.61. The third kappa shape index (κ3) is 39.4. The number of carbonyl (C=O) groups is 1. The molecule has 0 aliphatic heterocycles. The van der Waals surface area contributed by atoms with E-state index in [0.717, 1.165) is 51.4 Å². The maximum atomic E-state index is 12.4. The Labute approximate surface area is 318 Å². The van der Waals surface area contributed by atoms with Crippen LogP contribution in [0.4, 0.5) is 0 Å². The topological polar surface area (TPSA) is 69.6 Å². The highest BCUT2D eigenvalue weighted by Crippen LogP contribution is 2.15. The minimum Gasteiger partial charge on any atom is -0.394 e. The van der Waals surface area contributed by atoms with Gasteiger partial charge in [-0.3, -0.25) is 4.79 Å². The molecule has 0 heterocycles. The molecule has 3 N–H and O–H groups in total. The standard InChI is InChI=1S/C47H87NO3/c1-3-5-7-9-11-13-15-17-19-20-21-22-23-24-25-26-27-29-30-32-34-36-38-40-42-46(50)45(44-49)48-47(51)43-41-39-37-35-33-31-28-18-16-14-12-10-8-6-4-2/h12,14,18,28,32,34,40,42,45-46,49-50H,3-11,13,15-17,19-27,29-31,33,35-39,41,43-44H2,1-2H3,(H,48,51)/b14-12-,28-18-,34-32+,42-40+. The Kier molecular flexibility index (Phi) is 41.4. The van der Waals surface area contributed by atoms with Crippen LogP contribution in [0, 0.1) is 0 Å². The van der Waals surface area contributed by atoms with Crippen molar-refractivity contribution in [3.05, 3.63) is 48.6 Å². The average molecular weight is 714 g/mol. The minimum atomic E-state index is -0.868. The summed E-state index contributed by atoms with van der Waals surface area (Å²) in [6.45, 7) is 4.27. The first-order valence-electron chi connectivity index (χ1n) is 22.4. The monoisotopic (exact) mass is 714 g/mol. The van der Waals surface area contributed by atoms with Gasteiger partial charge in [-0.15, -0.1) is 0 Å². The fraction of sp³-hybridized carbons (Fsp3) is 0.809. The van der Waals surface area contributed by atoms with Crippen LogP contribution in [-0.2, 0) is 4.79 Å². The van der Waals surface area contributed by atoms with E-state index in [-0.39, 0.29) is 12.5 Å². The lowest BCUT2D eigenvalue weighted by molar-refractivity contribution is -0.123. The minimum absolute atomic E-state index is 0.0882. The molecule has 0 saturated heterocycles. The molecule has 51 heavy (non-hydrogen) atoms. The first-order valence-corrected chi connectivity index (χ1v) is 22.4. The summed E-state index contributed by atoms with van der Waals surface area (Å²) < 4.78 is 0. The van der Waals surface area contributed by atoms with Crippen LogP contribution in [0.5, 0.6) is 0 Å². The molecule has 4 nitrogen and oxygen atoms in total. The molecule has 0 aromatic carbocycles. The van der Waals surface area contributed by atoms with Crippen molar-refractivity contribution in [2.45, 2.75) is 238 Å². The van der Waals surface area contributed by atoms with Gasteiger partial charge in [-0.2, -0.15) is 0 Å². The Bertz CT molecular complexity index is 816. The fourth-order valence-corrected chi connectivity index (χ4v) is 6.58. The molecule has 0 aromatic heterocycles. The summed E-state index contributed by atoms with van der Waals surface area (Å²) in [5, 5.41) is 23.0. The first kappa shape index (κ1) is 49.4. The summed E-state index contributed by atoms with van der Waals surface area (Å²) in [7, 11) is 0. The number of aliphatic hydroxyl groups excluding tert-OH is 2. The largest absolute Gasteiger partial charge is 0.394 e. The Morgan fingerprint density at radius 3 is 1.29 bits per heavy atom. The summed E-state index contributed by atoms with van der Waals surface area (Å²) in [6.07, 6.45) is 58.0. The zero-order chi connectivity index (χ0) is 37.1. The smallest absolute Gasteiger partial charge is 0.220 e. The number of carbonyl (C=O) groups excluding carboxylic acids is 1. The highest BCUT2D eigenvalue weighted by Gasteiger charge is 2.17. The number of aliphatic hydroxyl groups is 2. The predicted octanol–water partition coefficient (Wildman–Crippen LogP) is 14.0. The number of allylic oxidation sites excluding steroid dienone is 7. The zero-order valence-corrected chi connectivity index (χ0v) is 34.1. The number of rotatable bonds is 40. The molecule has 0 aliphatic rings. The van der Waals surface area contributed by atoms with E-state index in [4.69, 9.17) is 0 Å². The molecule has 0 spiro atoms. The third-order valence-corrected chi connectivity index (χ3v) is 10.0. The highest BCUT2D eigenvalue weighted by atomic mass is 16.3. The van der Waals surface area contributed by atoms with Gasteiger partial charge < -0.3 is 15.5 Å². The van der Waals surface area contributed by atoms with Crippen LogP contribution in [-0.4, -0.2) is 34.9 Å². The van der Waals surface area contributed by atoms with Crippen molar-refractivity contribution in [1.82, 2.24) is 5.32 Å². The lowest BCUT2D eigenvalue weighted by atomic mass is 10.0. The average Bonchev–Trinajstić information content (AvgIpc) is 3.13. The number of nitrogens with one attached hydrogen (secondary N) is 1. The number of unbranched alkanes of at least 4 members (excludes halogenated alkanes) is 27. The normalized spacial score (nSPS) is 13.4. The number of amides is 1. The molecule has 0 bridgehead atoms. The first-order chi connectivity index (χ1) is 25.2. The van der Waals surface area contributed by atoms with Crippen molar-refractivity contribution in [2.24, 2.45) is 0 Å². The van der Waals surface area contributed by atoms with Gasteiger partial charge in [-0.05, 0) is 64.2 Å². The van der Waals surface area contributed by atoms with Crippen LogP contribution in [0.2, 0.25) is 0 Å². The molecule has 2 unspecified atom stereocenters. The second-order valence-corrected chi connectivity index (χ2v) is 15.1. The van der Waals surface area contributed by atoms with Crippen LogP contribution in [0.25, 0.3) is 0 Å². The second kappa shape index (κ2) is 42.8. The van der Waals surface area contributed by atoms with Gasteiger partial charge in [0, 0.05) is 6.42 Å². The molecular formula is C47H87NO3. The summed E-state index contributed by atoms with van der Waals surface area (Å²) in [5.41, 5.74) is 0. The van der Waals surface area contributed by atoms with Crippen molar-refractivity contribution in [3.63, 3.8) is 0 Å². The van der Waals surface area contributed by atoms with E-state index in [1.165, 1.54) is 154 Å². The molecular weight excluding hydrogens is 627 g/mol. The molecule has 0 rings (SSSR count). The van der Waals surface area contributed by atoms with E-state index < -0.39 is 12.1 Å². The van der Waals surface area contributed by atoms with E-state index in [1.807, 2.05) is 6.08 Å². The van der Waals surface area contributed by atoms with E-state index in [1.54, 1.807) is 6.08 Å². The van der Waals surface area contributed by atoms with Gasteiger partial charge in [0.25, 0.3) is 0 Å².